The lowest BCUT2D eigenvalue weighted by Gasteiger charge is -2.35. The fourth-order valence-electron chi connectivity index (χ4n) is 7.10. The molecule has 0 aliphatic carbocycles. The molecule has 1 saturated heterocycles. The maximum Gasteiger partial charge on any atom is 0.274 e. The number of aryl methyl sites for hydroxylation is 2. The smallest absolute Gasteiger partial charge is 0.274 e. The highest BCUT2D eigenvalue weighted by Crippen LogP contribution is 2.29. The molecule has 1 aliphatic rings. The number of H-pyrrole nitrogens is 1. The van der Waals surface area contributed by atoms with E-state index in [1.165, 1.54) is 0 Å². The van der Waals surface area contributed by atoms with Gasteiger partial charge in [0, 0.05) is 31.4 Å². The monoisotopic (exact) mass is 818 g/mol. The first-order valence-electron chi connectivity index (χ1n) is 20.3. The number of likely N-dealkylation sites (tertiary alicyclic amines) is 1. The second-order valence-corrected chi connectivity index (χ2v) is 16.9. The fourth-order valence-corrected chi connectivity index (χ4v) is 7.92. The highest BCUT2D eigenvalue weighted by Gasteiger charge is 2.41. The van der Waals surface area contributed by atoms with Gasteiger partial charge in [-0.1, -0.05) is 63.9 Å². The first-order valence-corrected chi connectivity index (χ1v) is 21.1. The van der Waals surface area contributed by atoms with Gasteiger partial charge in [0.05, 0.1) is 34.1 Å². The van der Waals surface area contributed by atoms with Gasteiger partial charge < -0.3 is 25.6 Å². The zero-order chi connectivity index (χ0) is 41.9. The zero-order valence-corrected chi connectivity index (χ0v) is 35.3. The molecule has 2 aromatic carbocycles. The number of unbranched alkanes of at least 4 members (excludes halogenated alkanes) is 3. The maximum absolute atomic E-state index is 13.9. The number of nitrogens with zero attached hydrogens (tertiary/aromatic N) is 4. The molecule has 0 radical (unpaired) electrons. The first kappa shape index (κ1) is 42.7. The quantitative estimate of drug-likeness (QED) is 0.0694. The summed E-state index contributed by atoms with van der Waals surface area (Å²) in [5, 5.41) is 15.8. The molecule has 4 heterocycles. The topological polar surface area (TPSA) is 171 Å². The number of rotatable bonds is 17. The van der Waals surface area contributed by atoms with Gasteiger partial charge in [0.1, 0.15) is 23.5 Å². The van der Waals surface area contributed by atoms with Crippen molar-refractivity contribution in [2.75, 3.05) is 18.5 Å². The van der Waals surface area contributed by atoms with Crippen LogP contribution in [0.1, 0.15) is 93.0 Å². The summed E-state index contributed by atoms with van der Waals surface area (Å²) in [4.78, 5) is 64.9. The summed E-state index contributed by atoms with van der Waals surface area (Å²) in [5.41, 5.74) is 7.55. The second kappa shape index (κ2) is 19.7. The van der Waals surface area contributed by atoms with Crippen molar-refractivity contribution in [3.8, 4) is 27.6 Å². The SMILES string of the molecule is Cc1cc(OCCCCCCC(=O)N[C@H](C(=O)N2CCC[C@H]2C(=O)NCc2ccc(-c3scnc3C)cc2)C(C)(C)C)ccc1NC(=O)c1cccc(-c2ccn[nH]2)n1. The number of carbonyl (C=O) groups excluding carboxylic acids is 4. The molecule has 0 unspecified atom stereocenters. The molecular weight excluding hydrogens is 765 g/mol. The lowest BCUT2D eigenvalue weighted by atomic mass is 9.85. The summed E-state index contributed by atoms with van der Waals surface area (Å²) >= 11 is 1.60. The van der Waals surface area contributed by atoms with E-state index in [1.54, 1.807) is 40.6 Å². The van der Waals surface area contributed by atoms with E-state index in [0.29, 0.717) is 61.8 Å². The van der Waals surface area contributed by atoms with Gasteiger partial charge in [0.25, 0.3) is 5.91 Å². The Labute approximate surface area is 349 Å². The number of carbonyl (C=O) groups is 4. The standard InChI is InChI=1S/C45H54N8O5S/c1-29-26-33(20-21-34(29)50-42(55)37-13-10-12-35(49-37)36-22-23-48-52-36)58-25-9-7-6-8-15-39(54)51-41(45(3,4)5)44(57)53-24-11-14-38(53)43(56)46-27-31-16-18-32(19-17-31)40-30(2)47-28-59-40/h10,12-13,16-23,26,28,38,41H,6-9,11,14-15,24-25,27H2,1-5H3,(H,46,56)(H,48,52)(H,50,55)(H,51,54)/t38-,41+/m0/s1. The molecule has 4 amide bonds. The number of hydrogen-bond acceptors (Lipinski definition) is 9. The van der Waals surface area contributed by atoms with Crippen LogP contribution in [0, 0.1) is 19.3 Å². The van der Waals surface area contributed by atoms with Gasteiger partial charge in [-0.05, 0) is 98.0 Å². The summed E-state index contributed by atoms with van der Waals surface area (Å²) in [6.07, 6.45) is 6.48. The molecule has 0 saturated carbocycles. The van der Waals surface area contributed by atoms with Crippen LogP contribution in [0.4, 0.5) is 5.69 Å². The lowest BCUT2D eigenvalue weighted by Crippen LogP contribution is -2.57. The van der Waals surface area contributed by atoms with Crippen LogP contribution in [0.5, 0.6) is 5.75 Å². The number of thiazole rings is 1. The van der Waals surface area contributed by atoms with Crippen molar-refractivity contribution >= 4 is 40.7 Å². The van der Waals surface area contributed by atoms with Crippen molar-refractivity contribution < 1.29 is 23.9 Å². The molecule has 13 nitrogen and oxygen atoms in total. The number of aromatic amines is 1. The minimum atomic E-state index is -0.752. The van der Waals surface area contributed by atoms with Crippen molar-refractivity contribution in [2.24, 2.45) is 5.41 Å². The van der Waals surface area contributed by atoms with E-state index in [4.69, 9.17) is 4.74 Å². The molecule has 1 fully saturated rings. The number of ether oxygens (including phenoxy) is 1. The number of amides is 4. The molecule has 3 aromatic heterocycles. The van der Waals surface area contributed by atoms with Crippen molar-refractivity contribution in [2.45, 2.75) is 98.2 Å². The van der Waals surface area contributed by atoms with E-state index in [2.05, 4.69) is 36.1 Å². The van der Waals surface area contributed by atoms with Crippen LogP contribution in [0.3, 0.4) is 0 Å². The summed E-state index contributed by atoms with van der Waals surface area (Å²) in [6.45, 7) is 11.1. The van der Waals surface area contributed by atoms with Crippen LogP contribution in [-0.4, -0.2) is 73.9 Å². The Morgan fingerprint density at radius 3 is 2.49 bits per heavy atom. The van der Waals surface area contributed by atoms with E-state index in [0.717, 1.165) is 58.6 Å². The fraction of sp³-hybridized carbons (Fsp3) is 0.400. The molecule has 5 aromatic rings. The molecule has 4 N–H and O–H groups in total. The van der Waals surface area contributed by atoms with Crippen molar-refractivity contribution in [3.05, 3.63) is 101 Å². The summed E-state index contributed by atoms with van der Waals surface area (Å²) in [6, 6.07) is 19.4. The summed E-state index contributed by atoms with van der Waals surface area (Å²) in [7, 11) is 0. The van der Waals surface area contributed by atoms with E-state index in [9.17, 15) is 19.2 Å². The molecule has 2 atom stereocenters. The van der Waals surface area contributed by atoms with Gasteiger partial charge in [-0.3, -0.25) is 24.3 Å². The largest absolute Gasteiger partial charge is 0.494 e. The highest BCUT2D eigenvalue weighted by molar-refractivity contribution is 7.13. The summed E-state index contributed by atoms with van der Waals surface area (Å²) in [5.74, 6) is -0.170. The number of pyridine rings is 1. The third-order valence-corrected chi connectivity index (χ3v) is 11.4. The Hall–Kier alpha value is -5.89. The van der Waals surface area contributed by atoms with Crippen molar-refractivity contribution in [1.29, 1.82) is 0 Å². The third-order valence-electron chi connectivity index (χ3n) is 10.5. The Bertz CT molecular complexity index is 2210. The van der Waals surface area contributed by atoms with Crippen molar-refractivity contribution in [3.63, 3.8) is 0 Å². The highest BCUT2D eigenvalue weighted by atomic mass is 32.1. The van der Waals surface area contributed by atoms with Crippen LogP contribution in [0.15, 0.2) is 78.4 Å². The second-order valence-electron chi connectivity index (χ2n) is 16.1. The average Bonchev–Trinajstić information content (AvgIpc) is 4.03. The van der Waals surface area contributed by atoms with Crippen LogP contribution in [0.2, 0.25) is 0 Å². The predicted molar refractivity (Wildman–Crippen MR) is 230 cm³/mol. The van der Waals surface area contributed by atoms with E-state index in [-0.39, 0.29) is 23.6 Å². The lowest BCUT2D eigenvalue weighted by molar-refractivity contribution is -0.143. The van der Waals surface area contributed by atoms with Crippen molar-refractivity contribution in [1.82, 2.24) is 35.7 Å². The number of nitrogens with one attached hydrogen (secondary N) is 4. The van der Waals surface area contributed by atoms with Gasteiger partial charge in [0.15, 0.2) is 0 Å². The van der Waals surface area contributed by atoms with Gasteiger partial charge in [0.2, 0.25) is 17.7 Å². The molecule has 59 heavy (non-hydrogen) atoms. The Kier molecular flexibility index (Phi) is 14.3. The minimum Gasteiger partial charge on any atom is -0.494 e. The minimum absolute atomic E-state index is 0.171. The van der Waals surface area contributed by atoms with Gasteiger partial charge in [-0.2, -0.15) is 5.10 Å². The van der Waals surface area contributed by atoms with Crippen LogP contribution in [0.25, 0.3) is 21.8 Å². The van der Waals surface area contributed by atoms with E-state index >= 15 is 0 Å². The molecule has 6 rings (SSSR count). The number of aromatic nitrogens is 4. The summed E-state index contributed by atoms with van der Waals surface area (Å²) < 4.78 is 5.98. The Morgan fingerprint density at radius 1 is 0.983 bits per heavy atom. The van der Waals surface area contributed by atoms with E-state index in [1.807, 2.05) is 88.7 Å². The molecule has 0 bridgehead atoms. The molecule has 14 heteroatoms. The third kappa shape index (κ3) is 11.4. The normalized spacial score (nSPS) is 14.5. The maximum atomic E-state index is 13.9. The average molecular weight is 819 g/mol. The molecule has 1 aliphatic heterocycles. The van der Waals surface area contributed by atoms with Crippen LogP contribution in [-0.2, 0) is 20.9 Å². The first-order chi connectivity index (χ1) is 28.4. The Balaban J connectivity index is 0.895. The van der Waals surface area contributed by atoms with Crippen LogP contribution >= 0.6 is 11.3 Å². The molecule has 310 valence electrons. The Morgan fingerprint density at radius 2 is 1.78 bits per heavy atom. The predicted octanol–water partition coefficient (Wildman–Crippen LogP) is 7.63. The number of anilines is 1. The zero-order valence-electron chi connectivity index (χ0n) is 34.5. The van der Waals surface area contributed by atoms with Gasteiger partial charge >= 0.3 is 0 Å². The van der Waals surface area contributed by atoms with Gasteiger partial charge in [-0.15, -0.1) is 11.3 Å². The molecule has 0 spiro atoms. The molecular formula is C45H54N8O5S. The number of hydrogen-bond donors (Lipinski definition) is 4. The van der Waals surface area contributed by atoms with Gasteiger partial charge in [-0.25, -0.2) is 9.97 Å². The van der Waals surface area contributed by atoms with E-state index < -0.39 is 17.5 Å². The number of benzene rings is 2. The van der Waals surface area contributed by atoms with Crippen LogP contribution < -0.4 is 20.7 Å².